The van der Waals surface area contributed by atoms with Gasteiger partial charge in [0.2, 0.25) is 0 Å². The lowest BCUT2D eigenvalue weighted by molar-refractivity contribution is 0.0968. The van der Waals surface area contributed by atoms with Gasteiger partial charge in [0.15, 0.2) is 5.82 Å². The summed E-state index contributed by atoms with van der Waals surface area (Å²) in [5.41, 5.74) is 3.61. The van der Waals surface area contributed by atoms with Gasteiger partial charge in [-0.1, -0.05) is 17.7 Å². The maximum Gasteiger partial charge on any atom is 0.157 e. The van der Waals surface area contributed by atoms with Crippen LogP contribution in [0.3, 0.4) is 0 Å². The highest BCUT2D eigenvalue weighted by molar-refractivity contribution is 6.32. The molecular weight excluding hydrogens is 418 g/mol. The molecule has 4 rings (SSSR count). The van der Waals surface area contributed by atoms with Crippen molar-refractivity contribution in [1.82, 2.24) is 15.0 Å². The minimum Gasteiger partial charge on any atom is -0.486 e. The van der Waals surface area contributed by atoms with Crippen LogP contribution in [0.5, 0.6) is 5.75 Å². The van der Waals surface area contributed by atoms with Gasteiger partial charge in [0.1, 0.15) is 24.4 Å². The van der Waals surface area contributed by atoms with E-state index in [2.05, 4.69) is 25.2 Å². The predicted molar refractivity (Wildman–Crippen MR) is 119 cm³/mol. The molecule has 1 aromatic carbocycles. The number of nitrogens with one attached hydrogen (secondary N) is 1. The molecule has 0 radical (unpaired) electrons. The predicted octanol–water partition coefficient (Wildman–Crippen LogP) is 3.22. The van der Waals surface area contributed by atoms with Gasteiger partial charge >= 0.3 is 0 Å². The standard InChI is InChI=1S/C22H24ClN5O3/c23-18-13-16(4-5-20(18)31-14-17-3-1-2-7-24-17)27-22-21-19(25-15-26-22)6-8-28(21)9-11-30-12-10-29/h1-5,7,13,15,29H,6,8-12,14H2,(H,25,26,27). The molecule has 0 aliphatic carbocycles. The minimum absolute atomic E-state index is 0.0227. The molecule has 3 aromatic rings. The molecule has 0 saturated heterocycles. The molecule has 0 spiro atoms. The third-order valence-electron chi connectivity index (χ3n) is 4.87. The quantitative estimate of drug-likeness (QED) is 0.463. The summed E-state index contributed by atoms with van der Waals surface area (Å²) < 4.78 is 11.2. The van der Waals surface area contributed by atoms with Crippen LogP contribution in [0.15, 0.2) is 48.9 Å². The van der Waals surface area contributed by atoms with Crippen LogP contribution in [-0.4, -0.2) is 53.0 Å². The Bertz CT molecular complexity index is 1010. The fraction of sp³-hybridized carbons (Fsp3) is 0.318. The van der Waals surface area contributed by atoms with E-state index in [4.69, 9.17) is 26.2 Å². The molecule has 2 aromatic heterocycles. The van der Waals surface area contributed by atoms with Gasteiger partial charge in [-0.05, 0) is 30.3 Å². The zero-order valence-electron chi connectivity index (χ0n) is 17.0. The number of aliphatic hydroxyl groups is 1. The van der Waals surface area contributed by atoms with Crippen molar-refractivity contribution in [1.29, 1.82) is 0 Å². The molecule has 1 aliphatic heterocycles. The second kappa shape index (κ2) is 10.4. The van der Waals surface area contributed by atoms with Gasteiger partial charge in [-0.3, -0.25) is 4.98 Å². The van der Waals surface area contributed by atoms with Crippen LogP contribution < -0.4 is 15.0 Å². The molecule has 0 unspecified atom stereocenters. The molecule has 0 atom stereocenters. The monoisotopic (exact) mass is 441 g/mol. The average molecular weight is 442 g/mol. The molecule has 9 heteroatoms. The molecule has 0 fully saturated rings. The molecule has 1 aliphatic rings. The molecule has 162 valence electrons. The van der Waals surface area contributed by atoms with E-state index in [1.54, 1.807) is 12.5 Å². The number of pyridine rings is 1. The summed E-state index contributed by atoms with van der Waals surface area (Å²) in [4.78, 5) is 15.3. The third kappa shape index (κ3) is 5.41. The number of rotatable bonds is 10. The lowest BCUT2D eigenvalue weighted by Crippen LogP contribution is -2.26. The first-order valence-electron chi connectivity index (χ1n) is 10.1. The van der Waals surface area contributed by atoms with Gasteiger partial charge in [0.25, 0.3) is 0 Å². The van der Waals surface area contributed by atoms with Crippen LogP contribution in [0.1, 0.15) is 11.4 Å². The van der Waals surface area contributed by atoms with E-state index >= 15 is 0 Å². The van der Waals surface area contributed by atoms with Gasteiger partial charge in [0.05, 0.1) is 36.2 Å². The fourth-order valence-corrected chi connectivity index (χ4v) is 3.64. The van der Waals surface area contributed by atoms with Crippen LogP contribution in [0.4, 0.5) is 17.2 Å². The van der Waals surface area contributed by atoms with Crippen molar-refractivity contribution >= 4 is 28.8 Å². The third-order valence-corrected chi connectivity index (χ3v) is 5.17. The number of anilines is 3. The molecule has 8 nitrogen and oxygen atoms in total. The van der Waals surface area contributed by atoms with E-state index < -0.39 is 0 Å². The highest BCUT2D eigenvalue weighted by Crippen LogP contribution is 2.35. The lowest BCUT2D eigenvalue weighted by Gasteiger charge is -2.21. The van der Waals surface area contributed by atoms with Crippen molar-refractivity contribution in [2.24, 2.45) is 0 Å². The number of hydrogen-bond donors (Lipinski definition) is 2. The number of aliphatic hydroxyl groups excluding tert-OH is 1. The van der Waals surface area contributed by atoms with Crippen molar-refractivity contribution in [2.45, 2.75) is 13.0 Å². The molecule has 0 saturated carbocycles. The second-order valence-corrected chi connectivity index (χ2v) is 7.38. The van der Waals surface area contributed by atoms with E-state index in [9.17, 15) is 0 Å². The summed E-state index contributed by atoms with van der Waals surface area (Å²) in [5.74, 6) is 1.32. The number of aromatic nitrogens is 3. The minimum atomic E-state index is 0.0227. The summed E-state index contributed by atoms with van der Waals surface area (Å²) in [6.07, 6.45) is 4.15. The lowest BCUT2D eigenvalue weighted by atomic mass is 10.2. The Morgan fingerprint density at radius 1 is 1.13 bits per heavy atom. The normalized spacial score (nSPS) is 12.6. The van der Waals surface area contributed by atoms with Crippen LogP contribution >= 0.6 is 11.6 Å². The van der Waals surface area contributed by atoms with E-state index in [1.165, 1.54) is 0 Å². The van der Waals surface area contributed by atoms with Gasteiger partial charge < -0.3 is 24.8 Å². The highest BCUT2D eigenvalue weighted by atomic mass is 35.5. The Kier molecular flexibility index (Phi) is 7.14. The molecule has 2 N–H and O–H groups in total. The van der Waals surface area contributed by atoms with E-state index in [-0.39, 0.29) is 6.61 Å². The summed E-state index contributed by atoms with van der Waals surface area (Å²) in [5, 5.41) is 12.7. The Morgan fingerprint density at radius 2 is 2.06 bits per heavy atom. The van der Waals surface area contributed by atoms with Gasteiger partial charge in [-0.2, -0.15) is 0 Å². The first-order chi connectivity index (χ1) is 15.2. The Morgan fingerprint density at radius 3 is 2.87 bits per heavy atom. The number of halogens is 1. The van der Waals surface area contributed by atoms with Gasteiger partial charge in [0, 0.05) is 31.4 Å². The van der Waals surface area contributed by atoms with E-state index in [0.29, 0.717) is 37.1 Å². The first-order valence-corrected chi connectivity index (χ1v) is 10.5. The van der Waals surface area contributed by atoms with Gasteiger partial charge in [-0.25, -0.2) is 9.97 Å². The highest BCUT2D eigenvalue weighted by Gasteiger charge is 2.24. The number of nitrogens with zero attached hydrogens (tertiary/aromatic N) is 4. The van der Waals surface area contributed by atoms with Crippen molar-refractivity contribution in [3.8, 4) is 5.75 Å². The maximum atomic E-state index is 8.87. The summed E-state index contributed by atoms with van der Waals surface area (Å²) in [6, 6.07) is 11.2. The summed E-state index contributed by atoms with van der Waals surface area (Å²) in [7, 11) is 0. The molecular formula is C22H24ClN5O3. The SMILES string of the molecule is OCCOCCN1CCc2ncnc(Nc3ccc(OCc4ccccn4)c(Cl)c3)c21. The topological polar surface area (TPSA) is 92.6 Å². The molecule has 0 amide bonds. The van der Waals surface area contributed by atoms with E-state index in [0.717, 1.165) is 41.5 Å². The Hall–Kier alpha value is -2.94. The number of fused-ring (bicyclic) bond motifs is 1. The zero-order chi connectivity index (χ0) is 21.5. The zero-order valence-corrected chi connectivity index (χ0v) is 17.8. The van der Waals surface area contributed by atoms with Crippen LogP contribution in [-0.2, 0) is 17.8 Å². The van der Waals surface area contributed by atoms with E-state index in [1.807, 2.05) is 36.4 Å². The number of ether oxygens (including phenoxy) is 2. The largest absolute Gasteiger partial charge is 0.486 e. The second-order valence-electron chi connectivity index (χ2n) is 6.97. The fourth-order valence-electron chi connectivity index (χ4n) is 3.41. The van der Waals surface area contributed by atoms with Gasteiger partial charge in [-0.15, -0.1) is 0 Å². The Labute approximate surface area is 185 Å². The molecule has 0 bridgehead atoms. The van der Waals surface area contributed by atoms with Crippen molar-refractivity contribution < 1.29 is 14.6 Å². The van der Waals surface area contributed by atoms with Crippen molar-refractivity contribution in [3.63, 3.8) is 0 Å². The number of hydrogen-bond acceptors (Lipinski definition) is 8. The summed E-state index contributed by atoms with van der Waals surface area (Å²) in [6.45, 7) is 2.80. The van der Waals surface area contributed by atoms with Crippen LogP contribution in [0, 0.1) is 0 Å². The van der Waals surface area contributed by atoms with Crippen molar-refractivity contribution in [3.05, 3.63) is 65.3 Å². The average Bonchev–Trinajstić information content (AvgIpc) is 3.21. The first kappa shape index (κ1) is 21.3. The molecule has 31 heavy (non-hydrogen) atoms. The van der Waals surface area contributed by atoms with Crippen LogP contribution in [0.25, 0.3) is 0 Å². The summed E-state index contributed by atoms with van der Waals surface area (Å²) >= 11 is 6.44. The molecule has 3 heterocycles. The maximum absolute atomic E-state index is 8.87. The van der Waals surface area contributed by atoms with Crippen LogP contribution in [0.2, 0.25) is 5.02 Å². The van der Waals surface area contributed by atoms with Crippen molar-refractivity contribution in [2.75, 3.05) is 43.1 Å². The number of benzene rings is 1. The smallest absolute Gasteiger partial charge is 0.157 e. The Balaban J connectivity index is 1.44.